The van der Waals surface area contributed by atoms with Crippen molar-refractivity contribution in [1.29, 1.82) is 0 Å². The summed E-state index contributed by atoms with van der Waals surface area (Å²) in [5.41, 5.74) is 8.33. The third-order valence-corrected chi connectivity index (χ3v) is 2.77. The zero-order valence-electron chi connectivity index (χ0n) is 8.73. The maximum Gasteiger partial charge on any atom is 0.0885 e. The van der Waals surface area contributed by atoms with Gasteiger partial charge in [-0.05, 0) is 18.7 Å². The Morgan fingerprint density at radius 3 is 2.38 bits per heavy atom. The first-order valence-corrected chi connectivity index (χ1v) is 5.86. The third kappa shape index (κ3) is 2.65. The predicted molar refractivity (Wildman–Crippen MR) is 67.9 cm³/mol. The summed E-state index contributed by atoms with van der Waals surface area (Å²) in [5.74, 6) is 0. The molecule has 82 valence electrons. The van der Waals surface area contributed by atoms with E-state index in [1.807, 2.05) is 24.3 Å². The van der Waals surface area contributed by atoms with Gasteiger partial charge >= 0.3 is 0 Å². The first kappa shape index (κ1) is 11.2. The Labute approximate surface area is 103 Å². The second kappa shape index (κ2) is 5.18. The van der Waals surface area contributed by atoms with Crippen LogP contribution in [0, 0.1) is 0 Å². The van der Waals surface area contributed by atoms with E-state index in [2.05, 4.69) is 25.9 Å². The van der Waals surface area contributed by atoms with Crippen molar-refractivity contribution in [3.8, 4) is 11.3 Å². The summed E-state index contributed by atoms with van der Waals surface area (Å²) in [4.78, 5) is 8.68. The van der Waals surface area contributed by atoms with E-state index < -0.39 is 0 Å². The zero-order chi connectivity index (χ0) is 11.4. The number of hydrogen-bond donors (Lipinski definition) is 1. The molecule has 1 aromatic carbocycles. The molecule has 2 N–H and O–H groups in total. The smallest absolute Gasteiger partial charge is 0.0885 e. The standard InChI is InChI=1S/C12H12BrN3/c13-10-3-1-9(2-4-10)12-8-15-11(5-6-14)7-16-12/h1-4,7-8H,5-6,14H2. The lowest BCUT2D eigenvalue weighted by atomic mass is 10.1. The van der Waals surface area contributed by atoms with E-state index in [1.54, 1.807) is 12.4 Å². The SMILES string of the molecule is NCCc1cnc(-c2ccc(Br)cc2)cn1. The molecule has 1 aromatic heterocycles. The fourth-order valence-electron chi connectivity index (χ4n) is 1.40. The van der Waals surface area contributed by atoms with E-state index in [9.17, 15) is 0 Å². The Kier molecular flexibility index (Phi) is 3.64. The molecule has 0 bridgehead atoms. The fraction of sp³-hybridized carbons (Fsp3) is 0.167. The predicted octanol–water partition coefficient (Wildman–Crippen LogP) is 2.41. The average Bonchev–Trinajstić information content (AvgIpc) is 2.32. The van der Waals surface area contributed by atoms with Gasteiger partial charge in [0.05, 0.1) is 17.6 Å². The molecule has 2 aromatic rings. The topological polar surface area (TPSA) is 51.8 Å². The molecule has 1 heterocycles. The van der Waals surface area contributed by atoms with Crippen molar-refractivity contribution in [2.45, 2.75) is 6.42 Å². The lowest BCUT2D eigenvalue weighted by molar-refractivity contribution is 0.909. The van der Waals surface area contributed by atoms with Crippen LogP contribution in [0.5, 0.6) is 0 Å². The highest BCUT2D eigenvalue weighted by molar-refractivity contribution is 9.10. The summed E-state index contributed by atoms with van der Waals surface area (Å²) >= 11 is 3.40. The quantitative estimate of drug-likeness (QED) is 0.938. The molecule has 4 heteroatoms. The Balaban J connectivity index is 2.24. The van der Waals surface area contributed by atoms with E-state index in [1.165, 1.54) is 0 Å². The summed E-state index contributed by atoms with van der Waals surface area (Å²) < 4.78 is 1.06. The normalized spacial score (nSPS) is 10.4. The summed E-state index contributed by atoms with van der Waals surface area (Å²) in [6.07, 6.45) is 4.34. The lowest BCUT2D eigenvalue weighted by Crippen LogP contribution is -2.04. The molecule has 0 atom stereocenters. The maximum atomic E-state index is 5.45. The van der Waals surface area contributed by atoms with Gasteiger partial charge in [-0.25, -0.2) is 0 Å². The van der Waals surface area contributed by atoms with Crippen molar-refractivity contribution in [3.05, 3.63) is 46.8 Å². The van der Waals surface area contributed by atoms with Gasteiger partial charge in [-0.2, -0.15) is 0 Å². The number of benzene rings is 1. The highest BCUT2D eigenvalue weighted by atomic mass is 79.9. The highest BCUT2D eigenvalue weighted by Crippen LogP contribution is 2.18. The maximum absolute atomic E-state index is 5.45. The van der Waals surface area contributed by atoms with E-state index in [-0.39, 0.29) is 0 Å². The Hall–Kier alpha value is -1.26. The molecule has 0 unspecified atom stereocenters. The van der Waals surface area contributed by atoms with E-state index in [0.29, 0.717) is 6.54 Å². The molecule has 0 radical (unpaired) electrons. The third-order valence-electron chi connectivity index (χ3n) is 2.25. The van der Waals surface area contributed by atoms with Crippen molar-refractivity contribution in [1.82, 2.24) is 9.97 Å². The Bertz CT molecular complexity index is 451. The number of rotatable bonds is 3. The van der Waals surface area contributed by atoms with Crippen LogP contribution in [-0.4, -0.2) is 16.5 Å². The largest absolute Gasteiger partial charge is 0.330 e. The van der Waals surface area contributed by atoms with E-state index in [4.69, 9.17) is 5.73 Å². The van der Waals surface area contributed by atoms with Crippen molar-refractivity contribution in [2.75, 3.05) is 6.54 Å². The van der Waals surface area contributed by atoms with Gasteiger partial charge in [-0.1, -0.05) is 28.1 Å². The molecule has 0 aliphatic carbocycles. The monoisotopic (exact) mass is 277 g/mol. The number of halogens is 1. The molecule has 2 rings (SSSR count). The van der Waals surface area contributed by atoms with Crippen LogP contribution in [0.4, 0.5) is 0 Å². The number of nitrogens with two attached hydrogens (primary N) is 1. The molecule has 3 nitrogen and oxygen atoms in total. The van der Waals surface area contributed by atoms with Crippen molar-refractivity contribution < 1.29 is 0 Å². The van der Waals surface area contributed by atoms with Crippen molar-refractivity contribution in [2.24, 2.45) is 5.73 Å². The van der Waals surface area contributed by atoms with Gasteiger partial charge in [0.25, 0.3) is 0 Å². The van der Waals surface area contributed by atoms with E-state index >= 15 is 0 Å². The Morgan fingerprint density at radius 2 is 1.81 bits per heavy atom. The summed E-state index contributed by atoms with van der Waals surface area (Å²) in [6, 6.07) is 8.00. The van der Waals surface area contributed by atoms with Crippen LogP contribution in [0.15, 0.2) is 41.1 Å². The number of nitrogens with zero attached hydrogens (tertiary/aromatic N) is 2. The van der Waals surface area contributed by atoms with Gasteiger partial charge in [0.1, 0.15) is 0 Å². The van der Waals surface area contributed by atoms with Crippen LogP contribution in [0.2, 0.25) is 0 Å². The molecule has 0 saturated carbocycles. The van der Waals surface area contributed by atoms with Gasteiger partial charge in [0.15, 0.2) is 0 Å². The van der Waals surface area contributed by atoms with Gasteiger partial charge < -0.3 is 5.73 Å². The highest BCUT2D eigenvalue weighted by Gasteiger charge is 2.00. The molecule has 0 aliphatic heterocycles. The van der Waals surface area contributed by atoms with E-state index in [0.717, 1.165) is 27.8 Å². The minimum Gasteiger partial charge on any atom is -0.330 e. The summed E-state index contributed by atoms with van der Waals surface area (Å²) in [7, 11) is 0. The molecular weight excluding hydrogens is 266 g/mol. The molecule has 16 heavy (non-hydrogen) atoms. The van der Waals surface area contributed by atoms with Crippen molar-refractivity contribution >= 4 is 15.9 Å². The van der Waals surface area contributed by atoms with Crippen molar-refractivity contribution in [3.63, 3.8) is 0 Å². The van der Waals surface area contributed by atoms with Gasteiger partial charge in [-0.3, -0.25) is 9.97 Å². The zero-order valence-corrected chi connectivity index (χ0v) is 10.3. The molecule has 0 fully saturated rings. The van der Waals surface area contributed by atoms with Gasteiger partial charge in [-0.15, -0.1) is 0 Å². The number of aromatic nitrogens is 2. The molecule has 0 saturated heterocycles. The summed E-state index contributed by atoms with van der Waals surface area (Å²) in [5, 5.41) is 0. The van der Waals surface area contributed by atoms with Crippen LogP contribution in [0.1, 0.15) is 5.69 Å². The van der Waals surface area contributed by atoms with Crippen LogP contribution in [-0.2, 0) is 6.42 Å². The molecule has 0 amide bonds. The molecular formula is C12H12BrN3. The van der Waals surface area contributed by atoms with Crippen LogP contribution in [0.3, 0.4) is 0 Å². The molecule has 0 spiro atoms. The summed E-state index contributed by atoms with van der Waals surface area (Å²) in [6.45, 7) is 0.603. The average molecular weight is 278 g/mol. The number of hydrogen-bond acceptors (Lipinski definition) is 3. The van der Waals surface area contributed by atoms with Crippen LogP contribution < -0.4 is 5.73 Å². The minimum absolute atomic E-state index is 0.603. The second-order valence-electron chi connectivity index (χ2n) is 3.44. The first-order valence-electron chi connectivity index (χ1n) is 5.06. The molecule has 0 aliphatic rings. The minimum atomic E-state index is 0.603. The van der Waals surface area contributed by atoms with Crippen LogP contribution >= 0.6 is 15.9 Å². The van der Waals surface area contributed by atoms with Gasteiger partial charge in [0.2, 0.25) is 0 Å². The Morgan fingerprint density at radius 1 is 1.06 bits per heavy atom. The first-order chi connectivity index (χ1) is 7.79. The second-order valence-corrected chi connectivity index (χ2v) is 4.35. The van der Waals surface area contributed by atoms with Crippen LogP contribution in [0.25, 0.3) is 11.3 Å². The fourth-order valence-corrected chi connectivity index (χ4v) is 1.67. The lowest BCUT2D eigenvalue weighted by Gasteiger charge is -2.02. The van der Waals surface area contributed by atoms with Gasteiger partial charge in [0, 0.05) is 22.7 Å².